The maximum atomic E-state index is 13.4. The molecule has 1 aromatic rings. The van der Waals surface area contributed by atoms with Gasteiger partial charge >= 0.3 is 0 Å². The summed E-state index contributed by atoms with van der Waals surface area (Å²) in [6, 6.07) is 4.57. The van der Waals surface area contributed by atoms with E-state index in [1.54, 1.807) is 6.07 Å². The lowest BCUT2D eigenvalue weighted by Gasteiger charge is -2.16. The molecule has 1 unspecified atom stereocenters. The van der Waals surface area contributed by atoms with Crippen molar-refractivity contribution in [1.82, 2.24) is 0 Å². The van der Waals surface area contributed by atoms with Gasteiger partial charge in [-0.3, -0.25) is 0 Å². The number of rotatable bonds is 5. The van der Waals surface area contributed by atoms with E-state index in [4.69, 9.17) is 26.8 Å². The highest BCUT2D eigenvalue weighted by Crippen LogP contribution is 2.24. The Morgan fingerprint density at radius 3 is 2.87 bits per heavy atom. The number of nitrogens with two attached hydrogens (primary N) is 1. The van der Waals surface area contributed by atoms with Crippen LogP contribution in [0.5, 0.6) is 5.75 Å². The van der Waals surface area contributed by atoms with Crippen molar-refractivity contribution in [3.63, 3.8) is 0 Å². The molecule has 5 heteroatoms. The molecule has 0 heterocycles. The van der Waals surface area contributed by atoms with Crippen LogP contribution in [-0.4, -0.2) is 26.4 Å². The summed E-state index contributed by atoms with van der Waals surface area (Å²) in [5.74, 6) is -0.483. The van der Waals surface area contributed by atoms with E-state index >= 15 is 0 Å². The van der Waals surface area contributed by atoms with E-state index in [1.807, 2.05) is 0 Å². The van der Waals surface area contributed by atoms with Crippen molar-refractivity contribution in [2.45, 2.75) is 6.10 Å². The summed E-state index contributed by atoms with van der Waals surface area (Å²) < 4.78 is 23.6. The third-order valence-electron chi connectivity index (χ3n) is 1.83. The Labute approximate surface area is 92.9 Å². The maximum absolute atomic E-state index is 13.4. The van der Waals surface area contributed by atoms with Crippen LogP contribution in [0.4, 0.5) is 4.39 Å². The fraction of sp³-hybridized carbons (Fsp3) is 0.400. The normalized spacial score (nSPS) is 12.5. The molecule has 0 aliphatic rings. The van der Waals surface area contributed by atoms with Crippen molar-refractivity contribution >= 4 is 11.6 Å². The number of ether oxygens (including phenoxy) is 2. The predicted octanol–water partition coefficient (Wildman–Crippen LogP) is 1.83. The SMILES string of the molecule is COCC(CN)Oc1cccc(Cl)c1F. The summed E-state index contributed by atoms with van der Waals surface area (Å²) in [5.41, 5.74) is 5.43. The van der Waals surface area contributed by atoms with Crippen LogP contribution < -0.4 is 10.5 Å². The number of hydrogen-bond acceptors (Lipinski definition) is 3. The van der Waals surface area contributed by atoms with Crippen LogP contribution in [0.25, 0.3) is 0 Å². The fourth-order valence-electron chi connectivity index (χ4n) is 1.09. The number of halogens is 2. The molecule has 0 aromatic heterocycles. The van der Waals surface area contributed by atoms with Crippen molar-refractivity contribution in [2.75, 3.05) is 20.3 Å². The Kier molecular flexibility index (Phi) is 4.81. The molecule has 0 radical (unpaired) electrons. The molecule has 15 heavy (non-hydrogen) atoms. The minimum absolute atomic E-state index is 0.0284. The van der Waals surface area contributed by atoms with E-state index in [2.05, 4.69) is 0 Å². The Bertz CT molecular complexity index is 322. The van der Waals surface area contributed by atoms with Gasteiger partial charge in [-0.05, 0) is 12.1 Å². The molecule has 0 fully saturated rings. The lowest BCUT2D eigenvalue weighted by Crippen LogP contribution is -2.31. The zero-order valence-electron chi connectivity index (χ0n) is 8.37. The number of hydrogen-bond donors (Lipinski definition) is 1. The van der Waals surface area contributed by atoms with Crippen LogP contribution in [0.3, 0.4) is 0 Å². The Balaban J connectivity index is 2.74. The van der Waals surface area contributed by atoms with Crippen LogP contribution in [0.1, 0.15) is 0 Å². The van der Waals surface area contributed by atoms with Crippen LogP contribution in [-0.2, 0) is 4.74 Å². The molecule has 0 saturated heterocycles. The molecule has 1 rings (SSSR count). The molecular formula is C10H13ClFNO2. The van der Waals surface area contributed by atoms with E-state index < -0.39 is 5.82 Å². The maximum Gasteiger partial charge on any atom is 0.183 e. The molecular weight excluding hydrogens is 221 g/mol. The average Bonchev–Trinajstić information content (AvgIpc) is 2.24. The minimum atomic E-state index is -0.575. The second-order valence-corrected chi connectivity index (χ2v) is 3.39. The first kappa shape index (κ1) is 12.2. The van der Waals surface area contributed by atoms with E-state index in [0.29, 0.717) is 6.61 Å². The van der Waals surface area contributed by atoms with Gasteiger partial charge in [0.1, 0.15) is 6.10 Å². The zero-order valence-corrected chi connectivity index (χ0v) is 9.13. The van der Waals surface area contributed by atoms with Crippen LogP contribution in [0.15, 0.2) is 18.2 Å². The van der Waals surface area contributed by atoms with Gasteiger partial charge in [-0.25, -0.2) is 4.39 Å². The monoisotopic (exact) mass is 233 g/mol. The molecule has 1 atom stereocenters. The van der Waals surface area contributed by atoms with Gasteiger partial charge in [-0.1, -0.05) is 17.7 Å². The van der Waals surface area contributed by atoms with Gasteiger partial charge in [0.05, 0.1) is 11.6 Å². The minimum Gasteiger partial charge on any atom is -0.484 e. The lowest BCUT2D eigenvalue weighted by molar-refractivity contribution is 0.0833. The topological polar surface area (TPSA) is 44.5 Å². The van der Waals surface area contributed by atoms with Crippen molar-refractivity contribution < 1.29 is 13.9 Å². The molecule has 84 valence electrons. The van der Waals surface area contributed by atoms with Crippen LogP contribution >= 0.6 is 11.6 Å². The highest BCUT2D eigenvalue weighted by molar-refractivity contribution is 6.30. The molecule has 0 aliphatic carbocycles. The molecule has 0 amide bonds. The number of benzene rings is 1. The highest BCUT2D eigenvalue weighted by Gasteiger charge is 2.13. The van der Waals surface area contributed by atoms with Crippen molar-refractivity contribution in [3.8, 4) is 5.75 Å². The molecule has 0 aliphatic heterocycles. The quantitative estimate of drug-likeness (QED) is 0.844. The molecule has 3 nitrogen and oxygen atoms in total. The fourth-order valence-corrected chi connectivity index (χ4v) is 1.26. The predicted molar refractivity (Wildman–Crippen MR) is 56.8 cm³/mol. The first-order valence-electron chi connectivity index (χ1n) is 4.48. The van der Waals surface area contributed by atoms with Gasteiger partial charge in [-0.2, -0.15) is 0 Å². The van der Waals surface area contributed by atoms with Gasteiger partial charge in [0.15, 0.2) is 11.6 Å². The molecule has 2 N–H and O–H groups in total. The van der Waals surface area contributed by atoms with E-state index in [1.165, 1.54) is 19.2 Å². The van der Waals surface area contributed by atoms with Crippen molar-refractivity contribution in [3.05, 3.63) is 29.0 Å². The van der Waals surface area contributed by atoms with Gasteiger partial charge in [-0.15, -0.1) is 0 Å². The molecule has 1 aromatic carbocycles. The summed E-state index contributed by atoms with van der Waals surface area (Å²) in [4.78, 5) is 0. The first-order chi connectivity index (χ1) is 7.19. The third kappa shape index (κ3) is 3.34. The van der Waals surface area contributed by atoms with Gasteiger partial charge < -0.3 is 15.2 Å². The largest absolute Gasteiger partial charge is 0.484 e. The van der Waals surface area contributed by atoms with Crippen LogP contribution in [0, 0.1) is 5.82 Å². The highest BCUT2D eigenvalue weighted by atomic mass is 35.5. The van der Waals surface area contributed by atoms with Crippen molar-refractivity contribution in [1.29, 1.82) is 0 Å². The van der Waals surface area contributed by atoms with Gasteiger partial charge in [0, 0.05) is 13.7 Å². The summed E-state index contributed by atoms with van der Waals surface area (Å²) >= 11 is 5.60. The molecule has 0 spiro atoms. The Morgan fingerprint density at radius 2 is 2.27 bits per heavy atom. The standard InChI is InChI=1S/C10H13ClFNO2/c1-14-6-7(5-13)15-9-4-2-3-8(11)10(9)12/h2-4,7H,5-6,13H2,1H3. The second-order valence-electron chi connectivity index (χ2n) is 2.98. The van der Waals surface area contributed by atoms with Gasteiger partial charge in [0.25, 0.3) is 0 Å². The zero-order chi connectivity index (χ0) is 11.3. The summed E-state index contributed by atoms with van der Waals surface area (Å²) in [5, 5.41) is 0.0284. The van der Waals surface area contributed by atoms with E-state index in [9.17, 15) is 4.39 Å². The average molecular weight is 234 g/mol. The van der Waals surface area contributed by atoms with Crippen LogP contribution in [0.2, 0.25) is 5.02 Å². The van der Waals surface area contributed by atoms with E-state index in [-0.39, 0.29) is 23.4 Å². The number of methoxy groups -OCH3 is 1. The Morgan fingerprint density at radius 1 is 1.53 bits per heavy atom. The smallest absolute Gasteiger partial charge is 0.183 e. The van der Waals surface area contributed by atoms with Gasteiger partial charge in [0.2, 0.25) is 0 Å². The third-order valence-corrected chi connectivity index (χ3v) is 2.12. The van der Waals surface area contributed by atoms with Crippen molar-refractivity contribution in [2.24, 2.45) is 5.73 Å². The second kappa shape index (κ2) is 5.90. The summed E-state index contributed by atoms with van der Waals surface area (Å²) in [6.45, 7) is 0.558. The summed E-state index contributed by atoms with van der Waals surface area (Å²) in [6.07, 6.45) is -0.372. The van der Waals surface area contributed by atoms with E-state index in [0.717, 1.165) is 0 Å². The lowest BCUT2D eigenvalue weighted by atomic mass is 10.3. The Hall–Kier alpha value is -0.840. The first-order valence-corrected chi connectivity index (χ1v) is 4.86. The molecule has 0 bridgehead atoms. The molecule has 0 saturated carbocycles. The summed E-state index contributed by atoms with van der Waals surface area (Å²) in [7, 11) is 1.53.